The van der Waals surface area contributed by atoms with Crippen LogP contribution in [0.25, 0.3) is 0 Å². The quantitative estimate of drug-likeness (QED) is 0.823. The molecule has 0 aliphatic carbocycles. The first-order valence-electron chi connectivity index (χ1n) is 4.14. The first-order valence-corrected chi connectivity index (χ1v) is 5.26. The van der Waals surface area contributed by atoms with E-state index in [1.54, 1.807) is 7.11 Å². The number of aliphatic hydroxyl groups excluding tert-OH is 1. The smallest absolute Gasteiger partial charge is 0.119 e. The summed E-state index contributed by atoms with van der Waals surface area (Å²) in [5, 5.41) is 9.60. The molecular formula is C10H13BrO2. The van der Waals surface area contributed by atoms with Crippen molar-refractivity contribution < 1.29 is 9.84 Å². The van der Waals surface area contributed by atoms with Gasteiger partial charge in [-0.1, -0.05) is 22.0 Å². The van der Waals surface area contributed by atoms with Crippen LogP contribution in [0.5, 0.6) is 5.75 Å². The lowest BCUT2D eigenvalue weighted by molar-refractivity contribution is 0.299. The summed E-state index contributed by atoms with van der Waals surface area (Å²) in [5.74, 6) is 0.848. The average molecular weight is 245 g/mol. The Labute approximate surface area is 86.7 Å². The van der Waals surface area contributed by atoms with E-state index in [1.165, 1.54) is 5.56 Å². The van der Waals surface area contributed by atoms with Crippen LogP contribution in [-0.2, 0) is 11.8 Å². The molecule has 1 aromatic carbocycles. The number of alkyl halides is 1. The summed E-state index contributed by atoms with van der Waals surface area (Å²) in [4.78, 5) is 0. The standard InChI is InChI=1S/C10H13BrO2/c1-13-10-5-8(2-3-12)4-9(6-10)7-11/h4-6,12H,2-3,7H2,1H3. The van der Waals surface area contributed by atoms with Crippen LogP contribution in [0.4, 0.5) is 0 Å². The molecule has 0 unspecified atom stereocenters. The van der Waals surface area contributed by atoms with Crippen molar-refractivity contribution in [3.05, 3.63) is 29.3 Å². The second-order valence-corrected chi connectivity index (χ2v) is 3.36. The van der Waals surface area contributed by atoms with E-state index >= 15 is 0 Å². The Bertz CT molecular complexity index is 251. The highest BCUT2D eigenvalue weighted by Gasteiger charge is 1.99. The van der Waals surface area contributed by atoms with Crippen LogP contribution >= 0.6 is 15.9 Å². The van der Waals surface area contributed by atoms with E-state index in [0.29, 0.717) is 6.42 Å². The van der Waals surface area contributed by atoms with Gasteiger partial charge in [0, 0.05) is 11.9 Å². The number of hydrogen-bond donors (Lipinski definition) is 1. The van der Waals surface area contributed by atoms with Crippen molar-refractivity contribution in [2.75, 3.05) is 13.7 Å². The third-order valence-corrected chi connectivity index (χ3v) is 2.46. The summed E-state index contributed by atoms with van der Waals surface area (Å²) in [6, 6.07) is 5.99. The highest BCUT2D eigenvalue weighted by molar-refractivity contribution is 9.08. The van der Waals surface area contributed by atoms with E-state index in [4.69, 9.17) is 9.84 Å². The minimum absolute atomic E-state index is 0.175. The highest BCUT2D eigenvalue weighted by Crippen LogP contribution is 2.19. The van der Waals surface area contributed by atoms with E-state index in [0.717, 1.165) is 16.6 Å². The van der Waals surface area contributed by atoms with Gasteiger partial charge in [0.25, 0.3) is 0 Å². The second-order valence-electron chi connectivity index (χ2n) is 2.80. The minimum Gasteiger partial charge on any atom is -0.497 e. The molecule has 0 saturated carbocycles. The van der Waals surface area contributed by atoms with Crippen molar-refractivity contribution in [1.29, 1.82) is 0 Å². The van der Waals surface area contributed by atoms with Gasteiger partial charge in [-0.3, -0.25) is 0 Å². The molecule has 0 amide bonds. The van der Waals surface area contributed by atoms with Gasteiger partial charge in [0.05, 0.1) is 7.11 Å². The molecule has 72 valence electrons. The Hall–Kier alpha value is -0.540. The molecule has 3 heteroatoms. The van der Waals surface area contributed by atoms with Crippen molar-refractivity contribution >= 4 is 15.9 Å². The number of methoxy groups -OCH3 is 1. The lowest BCUT2D eigenvalue weighted by Crippen LogP contribution is -1.94. The SMILES string of the molecule is COc1cc(CBr)cc(CCO)c1. The van der Waals surface area contributed by atoms with Gasteiger partial charge >= 0.3 is 0 Å². The van der Waals surface area contributed by atoms with Crippen LogP contribution in [-0.4, -0.2) is 18.8 Å². The van der Waals surface area contributed by atoms with Crippen molar-refractivity contribution in [3.63, 3.8) is 0 Å². The average Bonchev–Trinajstić information content (AvgIpc) is 2.17. The number of aliphatic hydroxyl groups is 1. The summed E-state index contributed by atoms with van der Waals surface area (Å²) >= 11 is 3.39. The molecular weight excluding hydrogens is 232 g/mol. The molecule has 1 N–H and O–H groups in total. The first kappa shape index (κ1) is 10.5. The molecule has 0 heterocycles. The van der Waals surface area contributed by atoms with Gasteiger partial charge in [-0.05, 0) is 29.7 Å². The van der Waals surface area contributed by atoms with Crippen LogP contribution in [0.15, 0.2) is 18.2 Å². The topological polar surface area (TPSA) is 29.5 Å². The maximum Gasteiger partial charge on any atom is 0.119 e. The molecule has 2 nitrogen and oxygen atoms in total. The lowest BCUT2D eigenvalue weighted by Gasteiger charge is -2.06. The van der Waals surface area contributed by atoms with Crippen LogP contribution < -0.4 is 4.74 Å². The molecule has 0 aliphatic rings. The van der Waals surface area contributed by atoms with E-state index in [9.17, 15) is 0 Å². The van der Waals surface area contributed by atoms with Crippen LogP contribution in [0.2, 0.25) is 0 Å². The zero-order valence-electron chi connectivity index (χ0n) is 7.59. The summed E-state index contributed by atoms with van der Waals surface area (Å²) < 4.78 is 5.14. The lowest BCUT2D eigenvalue weighted by atomic mass is 10.1. The van der Waals surface area contributed by atoms with Crippen molar-refractivity contribution in [2.24, 2.45) is 0 Å². The summed E-state index contributed by atoms with van der Waals surface area (Å²) in [7, 11) is 1.65. The second kappa shape index (κ2) is 5.25. The van der Waals surface area contributed by atoms with E-state index in [1.807, 2.05) is 12.1 Å². The van der Waals surface area contributed by atoms with Crippen LogP contribution in [0, 0.1) is 0 Å². The molecule has 13 heavy (non-hydrogen) atoms. The third kappa shape index (κ3) is 3.01. The Morgan fingerprint density at radius 3 is 2.54 bits per heavy atom. The molecule has 0 bridgehead atoms. The van der Waals surface area contributed by atoms with Gasteiger partial charge in [0.2, 0.25) is 0 Å². The molecule has 0 radical (unpaired) electrons. The molecule has 0 atom stereocenters. The Morgan fingerprint density at radius 2 is 2.00 bits per heavy atom. The molecule has 0 aromatic heterocycles. The summed E-state index contributed by atoms with van der Waals surface area (Å²) in [5.41, 5.74) is 2.28. The molecule has 1 rings (SSSR count). The van der Waals surface area contributed by atoms with Crippen LogP contribution in [0.1, 0.15) is 11.1 Å². The van der Waals surface area contributed by atoms with Crippen molar-refractivity contribution in [1.82, 2.24) is 0 Å². The number of halogens is 1. The summed E-state index contributed by atoms with van der Waals surface area (Å²) in [6.45, 7) is 0.175. The third-order valence-electron chi connectivity index (χ3n) is 1.82. The van der Waals surface area contributed by atoms with Gasteiger partial charge in [0.15, 0.2) is 0 Å². The highest BCUT2D eigenvalue weighted by atomic mass is 79.9. The van der Waals surface area contributed by atoms with E-state index in [2.05, 4.69) is 22.0 Å². The normalized spacial score (nSPS) is 10.1. The molecule has 0 fully saturated rings. The van der Waals surface area contributed by atoms with E-state index in [-0.39, 0.29) is 6.61 Å². The Balaban J connectivity index is 2.93. The van der Waals surface area contributed by atoms with Gasteiger partial charge < -0.3 is 9.84 Å². The minimum atomic E-state index is 0.175. The predicted octanol–water partition coefficient (Wildman–Crippen LogP) is 2.12. The predicted molar refractivity (Wildman–Crippen MR) is 56.4 cm³/mol. The number of hydrogen-bond acceptors (Lipinski definition) is 2. The zero-order valence-corrected chi connectivity index (χ0v) is 9.17. The molecule has 1 aromatic rings. The van der Waals surface area contributed by atoms with Gasteiger partial charge in [0.1, 0.15) is 5.75 Å². The van der Waals surface area contributed by atoms with Gasteiger partial charge in [-0.25, -0.2) is 0 Å². The summed E-state index contributed by atoms with van der Waals surface area (Å²) in [6.07, 6.45) is 0.678. The molecule has 0 aliphatic heterocycles. The fraction of sp³-hybridized carbons (Fsp3) is 0.400. The molecule has 0 saturated heterocycles. The number of rotatable bonds is 4. The van der Waals surface area contributed by atoms with Crippen molar-refractivity contribution in [2.45, 2.75) is 11.8 Å². The fourth-order valence-electron chi connectivity index (χ4n) is 1.20. The zero-order chi connectivity index (χ0) is 9.68. The van der Waals surface area contributed by atoms with Gasteiger partial charge in [-0.15, -0.1) is 0 Å². The first-order chi connectivity index (χ1) is 6.30. The van der Waals surface area contributed by atoms with Gasteiger partial charge in [-0.2, -0.15) is 0 Å². The van der Waals surface area contributed by atoms with E-state index < -0.39 is 0 Å². The Kier molecular flexibility index (Phi) is 4.25. The number of ether oxygens (including phenoxy) is 1. The maximum absolute atomic E-state index is 8.79. The molecule has 0 spiro atoms. The fourth-order valence-corrected chi connectivity index (χ4v) is 1.52. The maximum atomic E-state index is 8.79. The largest absolute Gasteiger partial charge is 0.497 e. The monoisotopic (exact) mass is 244 g/mol. The number of benzene rings is 1. The Morgan fingerprint density at radius 1 is 1.31 bits per heavy atom. The van der Waals surface area contributed by atoms with Crippen LogP contribution in [0.3, 0.4) is 0 Å². The van der Waals surface area contributed by atoms with Crippen molar-refractivity contribution in [3.8, 4) is 5.75 Å².